The molecule has 0 unspecified atom stereocenters. The molecule has 0 aliphatic carbocycles. The van der Waals surface area contributed by atoms with E-state index in [1.54, 1.807) is 24.3 Å². The van der Waals surface area contributed by atoms with Gasteiger partial charge in [-0.2, -0.15) is 0 Å². The third-order valence-corrected chi connectivity index (χ3v) is 1.82. The summed E-state index contributed by atoms with van der Waals surface area (Å²) < 4.78 is 0. The maximum Gasteiger partial charge on any atom is 0.307 e. The molecule has 1 rings (SSSR count). The van der Waals surface area contributed by atoms with E-state index in [9.17, 15) is 9.59 Å². The van der Waals surface area contributed by atoms with Gasteiger partial charge in [-0.25, -0.2) is 0 Å². The van der Waals surface area contributed by atoms with E-state index in [4.69, 9.17) is 10.8 Å². The molecule has 0 aliphatic heterocycles. The summed E-state index contributed by atoms with van der Waals surface area (Å²) in [5.41, 5.74) is 6.30. The Hall–Kier alpha value is -2.10. The van der Waals surface area contributed by atoms with Crippen LogP contribution in [-0.4, -0.2) is 17.0 Å². The van der Waals surface area contributed by atoms with Gasteiger partial charge in [0.1, 0.15) is 0 Å². The van der Waals surface area contributed by atoms with Crippen molar-refractivity contribution in [1.82, 2.24) is 0 Å². The van der Waals surface area contributed by atoms with E-state index in [1.165, 1.54) is 12.2 Å². The topological polar surface area (TPSA) is 80.4 Å². The van der Waals surface area contributed by atoms with Crippen LogP contribution in [0.15, 0.2) is 30.3 Å². The van der Waals surface area contributed by atoms with Gasteiger partial charge < -0.3 is 10.8 Å². The van der Waals surface area contributed by atoms with Crippen molar-refractivity contribution < 1.29 is 14.7 Å². The zero-order valence-corrected chi connectivity index (χ0v) is 8.01. The van der Waals surface area contributed by atoms with Crippen molar-refractivity contribution in [1.29, 1.82) is 0 Å². The Morgan fingerprint density at radius 3 is 2.60 bits per heavy atom. The number of amides is 1. The summed E-state index contributed by atoms with van der Waals surface area (Å²) in [6.07, 6.45) is 2.65. The van der Waals surface area contributed by atoms with Crippen molar-refractivity contribution in [2.45, 2.75) is 6.42 Å². The lowest BCUT2D eigenvalue weighted by atomic mass is 10.0. The van der Waals surface area contributed by atoms with Crippen molar-refractivity contribution in [3.05, 3.63) is 41.5 Å². The highest BCUT2D eigenvalue weighted by Gasteiger charge is 2.03. The molecule has 0 saturated heterocycles. The maximum atomic E-state index is 10.5. The molecule has 4 heteroatoms. The van der Waals surface area contributed by atoms with Gasteiger partial charge >= 0.3 is 5.97 Å². The van der Waals surface area contributed by atoms with Crippen molar-refractivity contribution >= 4 is 18.0 Å². The zero-order valence-electron chi connectivity index (χ0n) is 8.01. The molecule has 0 saturated carbocycles. The minimum absolute atomic E-state index is 0.0702. The van der Waals surface area contributed by atoms with Crippen molar-refractivity contribution in [3.63, 3.8) is 0 Å². The number of benzene rings is 1. The van der Waals surface area contributed by atoms with E-state index in [0.29, 0.717) is 11.1 Å². The van der Waals surface area contributed by atoms with Gasteiger partial charge in [-0.15, -0.1) is 0 Å². The summed E-state index contributed by atoms with van der Waals surface area (Å²) >= 11 is 0. The number of rotatable bonds is 4. The monoisotopic (exact) mass is 205 g/mol. The van der Waals surface area contributed by atoms with Gasteiger partial charge in [0.05, 0.1) is 6.42 Å². The Morgan fingerprint density at radius 1 is 1.33 bits per heavy atom. The molecule has 4 nitrogen and oxygen atoms in total. The Balaban J connectivity index is 2.95. The van der Waals surface area contributed by atoms with Crippen molar-refractivity contribution in [2.75, 3.05) is 0 Å². The molecule has 0 heterocycles. The van der Waals surface area contributed by atoms with Crippen molar-refractivity contribution in [3.8, 4) is 0 Å². The number of carboxylic acid groups (broad SMARTS) is 1. The van der Waals surface area contributed by atoms with Crippen LogP contribution in [0.4, 0.5) is 0 Å². The van der Waals surface area contributed by atoms with E-state index in [2.05, 4.69) is 0 Å². The van der Waals surface area contributed by atoms with E-state index in [1.807, 2.05) is 0 Å². The average Bonchev–Trinajstić information content (AvgIpc) is 2.15. The normalized spacial score (nSPS) is 10.4. The number of hydrogen-bond donors (Lipinski definition) is 2. The van der Waals surface area contributed by atoms with Gasteiger partial charge in [0.25, 0.3) is 0 Å². The number of primary amides is 1. The lowest BCUT2D eigenvalue weighted by Gasteiger charge is -2.01. The second kappa shape index (κ2) is 4.95. The molecule has 3 N–H and O–H groups in total. The first-order chi connectivity index (χ1) is 7.09. The van der Waals surface area contributed by atoms with E-state index in [-0.39, 0.29) is 6.42 Å². The molecule has 1 amide bonds. The van der Waals surface area contributed by atoms with Crippen LogP contribution < -0.4 is 5.73 Å². The van der Waals surface area contributed by atoms with E-state index < -0.39 is 11.9 Å². The third-order valence-electron chi connectivity index (χ3n) is 1.82. The predicted molar refractivity (Wildman–Crippen MR) is 56.0 cm³/mol. The van der Waals surface area contributed by atoms with Gasteiger partial charge in [0.2, 0.25) is 5.91 Å². The van der Waals surface area contributed by atoms with E-state index in [0.717, 1.165) is 0 Å². The van der Waals surface area contributed by atoms with Gasteiger partial charge in [-0.05, 0) is 17.2 Å². The first-order valence-electron chi connectivity index (χ1n) is 4.37. The Bertz CT molecular complexity index is 410. The molecule has 1 aromatic rings. The minimum atomic E-state index is -0.907. The molecule has 0 bridgehead atoms. The smallest absolute Gasteiger partial charge is 0.307 e. The van der Waals surface area contributed by atoms with Crippen LogP contribution >= 0.6 is 0 Å². The first-order valence-corrected chi connectivity index (χ1v) is 4.37. The summed E-state index contributed by atoms with van der Waals surface area (Å²) in [7, 11) is 0. The molecule has 0 aliphatic rings. The largest absolute Gasteiger partial charge is 0.481 e. The molecule has 0 radical (unpaired) electrons. The molecule has 0 fully saturated rings. The van der Waals surface area contributed by atoms with Crippen molar-refractivity contribution in [2.24, 2.45) is 5.73 Å². The fraction of sp³-hybridized carbons (Fsp3) is 0.0909. The van der Waals surface area contributed by atoms with Gasteiger partial charge in [-0.1, -0.05) is 24.3 Å². The fourth-order valence-corrected chi connectivity index (χ4v) is 1.19. The second-order valence-electron chi connectivity index (χ2n) is 3.01. The SMILES string of the molecule is NC(=O)C=Cc1ccccc1CC(=O)O. The molecule has 0 atom stereocenters. The second-order valence-corrected chi connectivity index (χ2v) is 3.01. The third kappa shape index (κ3) is 3.64. The summed E-state index contributed by atoms with van der Waals surface area (Å²) in [4.78, 5) is 21.1. The quantitative estimate of drug-likeness (QED) is 0.714. The Labute approximate surface area is 87.0 Å². The summed E-state index contributed by atoms with van der Waals surface area (Å²) in [6, 6.07) is 6.96. The van der Waals surface area contributed by atoms with Crippen LogP contribution in [0, 0.1) is 0 Å². The van der Waals surface area contributed by atoms with Gasteiger partial charge in [0.15, 0.2) is 0 Å². The fourth-order valence-electron chi connectivity index (χ4n) is 1.19. The molecule has 78 valence electrons. The lowest BCUT2D eigenvalue weighted by Crippen LogP contribution is -2.06. The number of carboxylic acids is 1. The molecule has 0 spiro atoms. The highest BCUT2D eigenvalue weighted by molar-refractivity contribution is 5.90. The lowest BCUT2D eigenvalue weighted by molar-refractivity contribution is -0.136. The molecular weight excluding hydrogens is 194 g/mol. The van der Waals surface area contributed by atoms with Crippen LogP contribution in [0.1, 0.15) is 11.1 Å². The van der Waals surface area contributed by atoms with Gasteiger partial charge in [0, 0.05) is 6.08 Å². The Kier molecular flexibility index (Phi) is 3.62. The number of hydrogen-bond acceptors (Lipinski definition) is 2. The standard InChI is InChI=1S/C11H11NO3/c12-10(13)6-5-8-3-1-2-4-9(8)7-11(14)15/h1-6H,7H2,(H2,12,13)(H,14,15). The van der Waals surface area contributed by atoms with Crippen LogP contribution in [0.3, 0.4) is 0 Å². The molecular formula is C11H11NO3. The van der Waals surface area contributed by atoms with Crippen LogP contribution in [0.25, 0.3) is 6.08 Å². The Morgan fingerprint density at radius 2 is 2.00 bits per heavy atom. The number of carbonyl (C=O) groups excluding carboxylic acids is 1. The highest BCUT2D eigenvalue weighted by Crippen LogP contribution is 2.11. The summed E-state index contributed by atoms with van der Waals surface area (Å²) in [5.74, 6) is -1.46. The summed E-state index contributed by atoms with van der Waals surface area (Å²) in [5, 5.41) is 8.65. The predicted octanol–water partition coefficient (Wildman–Crippen LogP) is 0.812. The van der Waals surface area contributed by atoms with Crippen LogP contribution in [0.2, 0.25) is 0 Å². The van der Waals surface area contributed by atoms with E-state index >= 15 is 0 Å². The molecule has 1 aromatic carbocycles. The first kappa shape index (κ1) is 11.0. The highest BCUT2D eigenvalue weighted by atomic mass is 16.4. The zero-order chi connectivity index (χ0) is 11.3. The van der Waals surface area contributed by atoms with Crippen LogP contribution in [0.5, 0.6) is 0 Å². The summed E-state index contributed by atoms with van der Waals surface area (Å²) in [6.45, 7) is 0. The van der Waals surface area contributed by atoms with Gasteiger partial charge in [-0.3, -0.25) is 9.59 Å². The van der Waals surface area contributed by atoms with Crippen LogP contribution in [-0.2, 0) is 16.0 Å². The number of nitrogens with two attached hydrogens (primary N) is 1. The average molecular weight is 205 g/mol. The molecule has 15 heavy (non-hydrogen) atoms. The number of aliphatic carboxylic acids is 1. The molecule has 0 aromatic heterocycles. The number of carbonyl (C=O) groups is 2. The maximum absolute atomic E-state index is 10.5. The minimum Gasteiger partial charge on any atom is -0.481 e.